The molecule has 1 aliphatic carbocycles. The van der Waals surface area contributed by atoms with Gasteiger partial charge in [-0.2, -0.15) is 0 Å². The smallest absolute Gasteiger partial charge is 0.231 e. The fourth-order valence-corrected chi connectivity index (χ4v) is 4.25. The Balaban J connectivity index is 1.44. The summed E-state index contributed by atoms with van der Waals surface area (Å²) in [5.74, 6) is -0.297. The highest BCUT2D eigenvalue weighted by Gasteiger charge is 2.36. The molecule has 2 amide bonds. The van der Waals surface area contributed by atoms with Crippen LogP contribution in [0.1, 0.15) is 30.2 Å². The molecule has 2 fully saturated rings. The van der Waals surface area contributed by atoms with Gasteiger partial charge in [-0.3, -0.25) is 9.59 Å². The van der Waals surface area contributed by atoms with Crippen LogP contribution in [0.3, 0.4) is 0 Å². The van der Waals surface area contributed by atoms with Crippen LogP contribution in [-0.2, 0) is 9.59 Å². The number of carbonyl (C=O) groups excluding carboxylic acids is 2. The largest absolute Gasteiger partial charge is 0.311 e. The fraction of sp³-hybridized carbons (Fsp3) is 0.375. The SMILES string of the molecule is O=C(Nc1nnc(C2CC2)s1)C1CC(=O)N(c2cc(Cl)cc(Cl)c2)C1. The van der Waals surface area contributed by atoms with E-state index in [0.717, 1.165) is 17.8 Å². The van der Waals surface area contributed by atoms with Crippen molar-refractivity contribution in [2.24, 2.45) is 5.92 Å². The predicted molar refractivity (Wildman–Crippen MR) is 97.4 cm³/mol. The first-order valence-electron chi connectivity index (χ1n) is 7.90. The van der Waals surface area contributed by atoms with Gasteiger partial charge in [-0.1, -0.05) is 34.5 Å². The molecule has 130 valence electrons. The van der Waals surface area contributed by atoms with Crippen LogP contribution in [0.2, 0.25) is 10.0 Å². The number of benzene rings is 1. The Labute approximate surface area is 158 Å². The summed E-state index contributed by atoms with van der Waals surface area (Å²) in [4.78, 5) is 26.3. The van der Waals surface area contributed by atoms with Gasteiger partial charge in [-0.15, -0.1) is 10.2 Å². The summed E-state index contributed by atoms with van der Waals surface area (Å²) in [5, 5.41) is 13.2. The van der Waals surface area contributed by atoms with E-state index in [2.05, 4.69) is 15.5 Å². The summed E-state index contributed by atoms with van der Waals surface area (Å²) in [5.41, 5.74) is 0.602. The topological polar surface area (TPSA) is 75.2 Å². The number of halogens is 2. The van der Waals surface area contributed by atoms with Gasteiger partial charge in [0.25, 0.3) is 0 Å². The zero-order valence-electron chi connectivity index (χ0n) is 13.0. The fourth-order valence-electron chi connectivity index (χ4n) is 2.82. The first kappa shape index (κ1) is 16.8. The van der Waals surface area contributed by atoms with Crippen LogP contribution >= 0.6 is 34.5 Å². The molecule has 2 aliphatic rings. The lowest BCUT2D eigenvalue weighted by Crippen LogP contribution is -2.28. The van der Waals surface area contributed by atoms with Crippen molar-refractivity contribution in [2.75, 3.05) is 16.8 Å². The van der Waals surface area contributed by atoms with Gasteiger partial charge in [-0.05, 0) is 31.0 Å². The molecule has 1 aliphatic heterocycles. The minimum atomic E-state index is -0.446. The van der Waals surface area contributed by atoms with Crippen LogP contribution in [0.15, 0.2) is 18.2 Å². The van der Waals surface area contributed by atoms with Crippen molar-refractivity contribution < 1.29 is 9.59 Å². The van der Waals surface area contributed by atoms with Gasteiger partial charge in [0.05, 0.1) is 5.92 Å². The van der Waals surface area contributed by atoms with Crippen LogP contribution in [0.25, 0.3) is 0 Å². The summed E-state index contributed by atoms with van der Waals surface area (Å²) >= 11 is 13.4. The Hall–Kier alpha value is -1.70. The number of hydrogen-bond donors (Lipinski definition) is 1. The highest BCUT2D eigenvalue weighted by Crippen LogP contribution is 2.42. The number of nitrogens with zero attached hydrogens (tertiary/aromatic N) is 3. The Morgan fingerprint density at radius 2 is 1.92 bits per heavy atom. The number of hydrogen-bond acceptors (Lipinski definition) is 5. The molecule has 25 heavy (non-hydrogen) atoms. The lowest BCUT2D eigenvalue weighted by Gasteiger charge is -2.17. The third-order valence-electron chi connectivity index (χ3n) is 4.25. The van der Waals surface area contributed by atoms with E-state index in [0.29, 0.717) is 26.8 Å². The highest BCUT2D eigenvalue weighted by molar-refractivity contribution is 7.15. The van der Waals surface area contributed by atoms with E-state index >= 15 is 0 Å². The van der Waals surface area contributed by atoms with Crippen molar-refractivity contribution in [1.82, 2.24) is 10.2 Å². The molecule has 1 unspecified atom stereocenters. The van der Waals surface area contributed by atoms with Gasteiger partial charge in [-0.25, -0.2) is 0 Å². The molecular weight excluding hydrogens is 383 g/mol. The summed E-state index contributed by atoms with van der Waals surface area (Å²) in [6, 6.07) is 4.93. The maximum absolute atomic E-state index is 12.5. The normalized spacial score (nSPS) is 20.2. The molecule has 1 saturated carbocycles. The number of carbonyl (C=O) groups is 2. The third kappa shape index (κ3) is 3.63. The molecule has 1 aromatic carbocycles. The average Bonchev–Trinajstić information content (AvgIpc) is 3.17. The molecule has 6 nitrogen and oxygen atoms in total. The second-order valence-electron chi connectivity index (χ2n) is 6.24. The van der Waals surface area contributed by atoms with Crippen molar-refractivity contribution in [3.63, 3.8) is 0 Å². The molecule has 1 aromatic heterocycles. The molecule has 0 spiro atoms. The minimum Gasteiger partial charge on any atom is -0.311 e. The van der Waals surface area contributed by atoms with E-state index in [4.69, 9.17) is 23.2 Å². The lowest BCUT2D eigenvalue weighted by molar-refractivity contribution is -0.122. The van der Waals surface area contributed by atoms with E-state index in [9.17, 15) is 9.59 Å². The molecule has 1 N–H and O–H groups in total. The predicted octanol–water partition coefficient (Wildman–Crippen LogP) is 3.71. The Kier molecular flexibility index (Phi) is 4.39. The van der Waals surface area contributed by atoms with E-state index < -0.39 is 5.92 Å². The molecule has 1 saturated heterocycles. The quantitative estimate of drug-likeness (QED) is 0.854. The maximum Gasteiger partial charge on any atom is 0.231 e. The lowest BCUT2D eigenvalue weighted by atomic mass is 10.1. The van der Waals surface area contributed by atoms with Crippen molar-refractivity contribution in [3.05, 3.63) is 33.3 Å². The van der Waals surface area contributed by atoms with Crippen LogP contribution in [0, 0.1) is 5.92 Å². The van der Waals surface area contributed by atoms with Gasteiger partial charge >= 0.3 is 0 Å². The molecule has 0 bridgehead atoms. The van der Waals surface area contributed by atoms with E-state index in [-0.39, 0.29) is 24.8 Å². The highest BCUT2D eigenvalue weighted by atomic mass is 35.5. The number of amides is 2. The van der Waals surface area contributed by atoms with E-state index in [1.54, 1.807) is 18.2 Å². The zero-order chi connectivity index (χ0) is 17.6. The summed E-state index contributed by atoms with van der Waals surface area (Å²) in [6.45, 7) is 0.287. The Morgan fingerprint density at radius 1 is 1.20 bits per heavy atom. The molecule has 0 radical (unpaired) electrons. The van der Waals surface area contributed by atoms with Crippen LogP contribution < -0.4 is 10.2 Å². The summed E-state index contributed by atoms with van der Waals surface area (Å²) in [6.07, 6.45) is 2.41. The number of rotatable bonds is 4. The summed E-state index contributed by atoms with van der Waals surface area (Å²) < 4.78 is 0. The van der Waals surface area contributed by atoms with Gasteiger partial charge < -0.3 is 10.2 Å². The molecular formula is C16H14Cl2N4O2S. The van der Waals surface area contributed by atoms with Gasteiger partial charge in [0.15, 0.2) is 0 Å². The third-order valence-corrected chi connectivity index (χ3v) is 5.69. The molecule has 9 heteroatoms. The Bertz CT molecular complexity index is 832. The number of nitrogens with one attached hydrogen (secondary N) is 1. The number of anilines is 2. The molecule has 2 aromatic rings. The minimum absolute atomic E-state index is 0.130. The van der Waals surface area contributed by atoms with Crippen LogP contribution in [0.5, 0.6) is 0 Å². The molecule has 1 atom stereocenters. The zero-order valence-corrected chi connectivity index (χ0v) is 15.4. The monoisotopic (exact) mass is 396 g/mol. The van der Waals surface area contributed by atoms with Crippen molar-refractivity contribution in [1.29, 1.82) is 0 Å². The van der Waals surface area contributed by atoms with E-state index in [1.807, 2.05) is 0 Å². The van der Waals surface area contributed by atoms with Crippen LogP contribution in [-0.4, -0.2) is 28.6 Å². The molecule has 2 heterocycles. The first-order chi connectivity index (χ1) is 12.0. The van der Waals surface area contributed by atoms with Gasteiger partial charge in [0.1, 0.15) is 5.01 Å². The van der Waals surface area contributed by atoms with Gasteiger partial charge in [0.2, 0.25) is 16.9 Å². The van der Waals surface area contributed by atoms with Crippen molar-refractivity contribution in [2.45, 2.75) is 25.2 Å². The van der Waals surface area contributed by atoms with E-state index in [1.165, 1.54) is 16.2 Å². The summed E-state index contributed by atoms with van der Waals surface area (Å²) in [7, 11) is 0. The second kappa shape index (κ2) is 6.55. The van der Waals surface area contributed by atoms with Crippen LogP contribution in [0.4, 0.5) is 10.8 Å². The standard InChI is InChI=1S/C16H14Cl2N4O2S/c17-10-4-11(18)6-12(5-10)22-7-9(3-13(22)23)14(24)19-16-21-20-15(25-16)8-1-2-8/h4-6,8-9H,1-3,7H2,(H,19,21,24). The van der Waals surface area contributed by atoms with Crippen molar-refractivity contribution >= 4 is 57.2 Å². The maximum atomic E-state index is 12.5. The Morgan fingerprint density at radius 3 is 2.60 bits per heavy atom. The molecule has 4 rings (SSSR count). The first-order valence-corrected chi connectivity index (χ1v) is 9.47. The second-order valence-corrected chi connectivity index (χ2v) is 8.12. The average molecular weight is 397 g/mol. The number of aromatic nitrogens is 2. The van der Waals surface area contributed by atoms with Crippen molar-refractivity contribution in [3.8, 4) is 0 Å². The van der Waals surface area contributed by atoms with Gasteiger partial charge in [0, 0.05) is 34.6 Å².